The number of benzene rings is 1. The zero-order valence-electron chi connectivity index (χ0n) is 10.1. The molecule has 17 heavy (non-hydrogen) atoms. The average molecular weight is 257 g/mol. The second-order valence-electron chi connectivity index (χ2n) is 3.97. The van der Waals surface area contributed by atoms with Gasteiger partial charge >= 0.3 is 5.97 Å². The Morgan fingerprint density at radius 1 is 1.35 bits per heavy atom. The molecule has 1 aromatic rings. The van der Waals surface area contributed by atoms with Crippen LogP contribution >= 0.6 is 11.6 Å². The van der Waals surface area contributed by atoms with Crippen molar-refractivity contribution in [3.63, 3.8) is 0 Å². The monoisotopic (exact) mass is 256 g/mol. The number of esters is 1. The van der Waals surface area contributed by atoms with Gasteiger partial charge in [0.2, 0.25) is 0 Å². The van der Waals surface area contributed by atoms with Gasteiger partial charge in [-0.2, -0.15) is 0 Å². The molecule has 1 aromatic carbocycles. The first-order chi connectivity index (χ1) is 8.15. The van der Waals surface area contributed by atoms with E-state index in [0.29, 0.717) is 18.4 Å². The second-order valence-corrected chi connectivity index (χ2v) is 4.28. The molecule has 0 aromatic heterocycles. The molecule has 0 spiro atoms. The minimum Gasteiger partial charge on any atom is -0.493 e. The number of halogens is 1. The fourth-order valence-electron chi connectivity index (χ4n) is 1.23. The van der Waals surface area contributed by atoms with E-state index in [1.54, 1.807) is 0 Å². The van der Waals surface area contributed by atoms with E-state index in [4.69, 9.17) is 16.3 Å². The summed E-state index contributed by atoms with van der Waals surface area (Å²) >= 11 is 5.69. The quantitative estimate of drug-likeness (QED) is 0.580. The molecule has 0 fully saturated rings. The number of rotatable bonds is 6. The van der Waals surface area contributed by atoms with E-state index in [2.05, 4.69) is 4.74 Å². The van der Waals surface area contributed by atoms with E-state index >= 15 is 0 Å². The predicted octanol–water partition coefficient (Wildman–Crippen LogP) is 2.66. The summed E-state index contributed by atoms with van der Waals surface area (Å²) in [6, 6.07) is 7.41. The first kappa shape index (κ1) is 13.8. The standard InChI is InChI=1S/C13H17ClO3/c1-10(8-14)9-17-12-5-3-11(4-6-12)7-13(15)16-2/h3-6,10H,7-9H2,1-2H3. The molecule has 0 N–H and O–H groups in total. The van der Waals surface area contributed by atoms with Crippen LogP contribution in [0.15, 0.2) is 24.3 Å². The maximum Gasteiger partial charge on any atom is 0.309 e. The second kappa shape index (κ2) is 7.17. The van der Waals surface area contributed by atoms with E-state index in [-0.39, 0.29) is 12.4 Å². The van der Waals surface area contributed by atoms with Gasteiger partial charge in [0.1, 0.15) is 5.75 Å². The molecule has 1 unspecified atom stereocenters. The van der Waals surface area contributed by atoms with Crippen LogP contribution in [0.2, 0.25) is 0 Å². The minimum absolute atomic E-state index is 0.241. The van der Waals surface area contributed by atoms with Crippen LogP contribution in [0.4, 0.5) is 0 Å². The number of ether oxygens (including phenoxy) is 2. The minimum atomic E-state index is -0.241. The van der Waals surface area contributed by atoms with Crippen LogP contribution in [-0.4, -0.2) is 25.6 Å². The maximum absolute atomic E-state index is 11.1. The molecule has 0 aliphatic carbocycles. The number of carbonyl (C=O) groups is 1. The van der Waals surface area contributed by atoms with Gasteiger partial charge in [0.05, 0.1) is 20.1 Å². The third-order valence-corrected chi connectivity index (χ3v) is 2.82. The van der Waals surface area contributed by atoms with Gasteiger partial charge in [-0.05, 0) is 17.7 Å². The molecule has 0 aliphatic heterocycles. The molecule has 0 saturated carbocycles. The molecule has 0 heterocycles. The Hall–Kier alpha value is -1.22. The summed E-state index contributed by atoms with van der Waals surface area (Å²) in [5.74, 6) is 1.46. The van der Waals surface area contributed by atoms with Gasteiger partial charge in [0, 0.05) is 11.8 Å². The third kappa shape index (κ3) is 5.09. The van der Waals surface area contributed by atoms with E-state index in [1.165, 1.54) is 7.11 Å². The molecular formula is C13H17ClO3. The number of hydrogen-bond acceptors (Lipinski definition) is 3. The lowest BCUT2D eigenvalue weighted by Crippen LogP contribution is -2.09. The van der Waals surface area contributed by atoms with E-state index in [1.807, 2.05) is 31.2 Å². The Bertz CT molecular complexity index is 348. The summed E-state index contributed by atoms with van der Waals surface area (Å²) in [4.78, 5) is 11.1. The molecule has 0 saturated heterocycles. The van der Waals surface area contributed by atoms with Crippen LogP contribution in [-0.2, 0) is 16.0 Å². The summed E-state index contributed by atoms with van der Waals surface area (Å²) in [7, 11) is 1.38. The van der Waals surface area contributed by atoms with Gasteiger partial charge in [-0.25, -0.2) is 0 Å². The molecule has 1 atom stereocenters. The van der Waals surface area contributed by atoms with Gasteiger partial charge in [-0.3, -0.25) is 4.79 Å². The van der Waals surface area contributed by atoms with Crippen LogP contribution < -0.4 is 4.74 Å². The third-order valence-electron chi connectivity index (χ3n) is 2.30. The van der Waals surface area contributed by atoms with Gasteiger partial charge in [0.15, 0.2) is 0 Å². The lowest BCUT2D eigenvalue weighted by atomic mass is 10.1. The van der Waals surface area contributed by atoms with Crippen molar-refractivity contribution >= 4 is 17.6 Å². The smallest absolute Gasteiger partial charge is 0.309 e. The lowest BCUT2D eigenvalue weighted by molar-refractivity contribution is -0.139. The van der Waals surface area contributed by atoms with Crippen molar-refractivity contribution in [3.05, 3.63) is 29.8 Å². The fraction of sp³-hybridized carbons (Fsp3) is 0.462. The van der Waals surface area contributed by atoms with E-state index in [9.17, 15) is 4.79 Å². The summed E-state index contributed by atoms with van der Waals surface area (Å²) in [5.41, 5.74) is 0.912. The number of methoxy groups -OCH3 is 1. The Morgan fingerprint density at radius 3 is 2.53 bits per heavy atom. The predicted molar refractivity (Wildman–Crippen MR) is 67.5 cm³/mol. The van der Waals surface area contributed by atoms with Gasteiger partial charge in [-0.15, -0.1) is 11.6 Å². The van der Waals surface area contributed by atoms with Crippen LogP contribution in [0.3, 0.4) is 0 Å². The van der Waals surface area contributed by atoms with Crippen molar-refractivity contribution in [2.45, 2.75) is 13.3 Å². The zero-order valence-corrected chi connectivity index (χ0v) is 10.9. The highest BCUT2D eigenvalue weighted by molar-refractivity contribution is 6.18. The van der Waals surface area contributed by atoms with Crippen molar-refractivity contribution in [3.8, 4) is 5.75 Å². The van der Waals surface area contributed by atoms with Crippen molar-refractivity contribution in [2.75, 3.05) is 19.6 Å². The lowest BCUT2D eigenvalue weighted by Gasteiger charge is -2.10. The topological polar surface area (TPSA) is 35.5 Å². The van der Waals surface area contributed by atoms with Crippen molar-refractivity contribution < 1.29 is 14.3 Å². The van der Waals surface area contributed by atoms with Crippen LogP contribution in [0, 0.1) is 5.92 Å². The van der Waals surface area contributed by atoms with Crippen LogP contribution in [0.25, 0.3) is 0 Å². The van der Waals surface area contributed by atoms with Crippen LogP contribution in [0.1, 0.15) is 12.5 Å². The number of carbonyl (C=O) groups excluding carboxylic acids is 1. The molecule has 0 aliphatic rings. The highest BCUT2D eigenvalue weighted by Crippen LogP contribution is 2.14. The molecule has 0 amide bonds. The molecule has 3 nitrogen and oxygen atoms in total. The Morgan fingerprint density at radius 2 is 2.00 bits per heavy atom. The van der Waals surface area contributed by atoms with Crippen molar-refractivity contribution in [1.29, 1.82) is 0 Å². The zero-order chi connectivity index (χ0) is 12.7. The average Bonchev–Trinajstić information content (AvgIpc) is 2.37. The summed E-state index contributed by atoms with van der Waals surface area (Å²) in [6.07, 6.45) is 0.287. The largest absolute Gasteiger partial charge is 0.493 e. The fourth-order valence-corrected chi connectivity index (χ4v) is 1.31. The van der Waals surface area contributed by atoms with E-state index in [0.717, 1.165) is 11.3 Å². The first-order valence-electron chi connectivity index (χ1n) is 5.50. The molecule has 0 bridgehead atoms. The summed E-state index contributed by atoms with van der Waals surface area (Å²) in [5, 5.41) is 0. The molecule has 0 radical (unpaired) electrons. The van der Waals surface area contributed by atoms with Crippen LogP contribution in [0.5, 0.6) is 5.75 Å². The Labute approximate surface area is 107 Å². The van der Waals surface area contributed by atoms with Gasteiger partial charge < -0.3 is 9.47 Å². The number of hydrogen-bond donors (Lipinski definition) is 0. The highest BCUT2D eigenvalue weighted by atomic mass is 35.5. The summed E-state index contributed by atoms with van der Waals surface area (Å²) < 4.78 is 10.1. The van der Waals surface area contributed by atoms with Gasteiger partial charge in [0.25, 0.3) is 0 Å². The van der Waals surface area contributed by atoms with Crippen molar-refractivity contribution in [1.82, 2.24) is 0 Å². The normalized spacial score (nSPS) is 11.9. The first-order valence-corrected chi connectivity index (χ1v) is 6.03. The van der Waals surface area contributed by atoms with E-state index < -0.39 is 0 Å². The Kier molecular flexibility index (Phi) is 5.84. The van der Waals surface area contributed by atoms with Gasteiger partial charge in [-0.1, -0.05) is 19.1 Å². The summed E-state index contributed by atoms with van der Waals surface area (Å²) in [6.45, 7) is 2.62. The van der Waals surface area contributed by atoms with Crippen molar-refractivity contribution in [2.24, 2.45) is 5.92 Å². The maximum atomic E-state index is 11.1. The molecule has 94 valence electrons. The molecule has 4 heteroatoms. The molecular weight excluding hydrogens is 240 g/mol. The highest BCUT2D eigenvalue weighted by Gasteiger charge is 2.04. The molecule has 1 rings (SSSR count). The Balaban J connectivity index is 2.47. The SMILES string of the molecule is COC(=O)Cc1ccc(OCC(C)CCl)cc1. The number of alkyl halides is 1.